The van der Waals surface area contributed by atoms with E-state index in [2.05, 4.69) is 0 Å². The Morgan fingerprint density at radius 1 is 1.39 bits per heavy atom. The molecule has 2 atom stereocenters. The Bertz CT molecular complexity index is 587. The Hall–Kier alpha value is -2.41. The lowest BCUT2D eigenvalue weighted by Gasteiger charge is -2.39. The number of ether oxygens (including phenoxy) is 1. The van der Waals surface area contributed by atoms with Crippen LogP contribution in [0.3, 0.4) is 0 Å². The first-order valence-electron chi connectivity index (χ1n) is 7.43. The molecule has 23 heavy (non-hydrogen) atoms. The fraction of sp³-hybridized carbons (Fsp3) is 0.438. The largest absolute Gasteiger partial charge is 0.464 e. The molecule has 7 nitrogen and oxygen atoms in total. The van der Waals surface area contributed by atoms with E-state index in [1.165, 1.54) is 4.90 Å². The Kier molecular flexibility index (Phi) is 5.33. The van der Waals surface area contributed by atoms with Gasteiger partial charge in [0.25, 0.3) is 5.91 Å². The van der Waals surface area contributed by atoms with E-state index in [9.17, 15) is 19.5 Å². The smallest absolute Gasteiger partial charge is 0.337 e. The van der Waals surface area contributed by atoms with E-state index in [1.54, 1.807) is 19.1 Å². The van der Waals surface area contributed by atoms with Crippen LogP contribution in [0.2, 0.25) is 0 Å². The first-order chi connectivity index (χ1) is 11.0. The highest BCUT2D eigenvalue weighted by Crippen LogP contribution is 2.22. The van der Waals surface area contributed by atoms with Crippen LogP contribution in [0.5, 0.6) is 0 Å². The quantitative estimate of drug-likeness (QED) is 0.614. The topological polar surface area (TPSA) is 87.2 Å². The van der Waals surface area contributed by atoms with Crippen LogP contribution in [-0.2, 0) is 19.1 Å². The maximum atomic E-state index is 12.7. The number of esters is 1. The van der Waals surface area contributed by atoms with Crippen LogP contribution in [0.25, 0.3) is 0 Å². The molecule has 1 saturated heterocycles. The van der Waals surface area contributed by atoms with Crippen molar-refractivity contribution in [3.05, 3.63) is 29.8 Å². The summed E-state index contributed by atoms with van der Waals surface area (Å²) in [6.45, 7) is 4.14. The lowest BCUT2D eigenvalue weighted by atomic mass is 10.0. The van der Waals surface area contributed by atoms with Gasteiger partial charge in [0.1, 0.15) is 6.04 Å². The van der Waals surface area contributed by atoms with Crippen LogP contribution in [-0.4, -0.2) is 60.1 Å². The summed E-state index contributed by atoms with van der Waals surface area (Å²) in [6.07, 6.45) is -1.24. The molecule has 1 aliphatic heterocycles. The van der Waals surface area contributed by atoms with Crippen LogP contribution >= 0.6 is 0 Å². The van der Waals surface area contributed by atoms with E-state index in [0.29, 0.717) is 18.6 Å². The summed E-state index contributed by atoms with van der Waals surface area (Å²) in [5.74, 6) is -1.42. The molecule has 1 N–H and O–H groups in total. The van der Waals surface area contributed by atoms with Crippen molar-refractivity contribution >= 4 is 24.0 Å². The highest BCUT2D eigenvalue weighted by molar-refractivity contribution is 6.02. The van der Waals surface area contributed by atoms with Crippen molar-refractivity contribution in [2.45, 2.75) is 26.0 Å². The molecule has 1 aliphatic rings. The molecule has 0 aromatic heterocycles. The number of anilines is 1. The summed E-state index contributed by atoms with van der Waals surface area (Å²) < 4.78 is 4.75. The zero-order valence-electron chi connectivity index (χ0n) is 13.1. The second kappa shape index (κ2) is 7.23. The molecular formula is C16H20N2O5. The molecule has 0 saturated carbocycles. The van der Waals surface area contributed by atoms with Crippen molar-refractivity contribution in [3.63, 3.8) is 0 Å². The normalized spacial score (nSPS) is 19.4. The SMILES string of the molecule is CCOC(=O)C(O)C1C(=O)N(c2ccc(C)cc2)CCN1C=O. The van der Waals surface area contributed by atoms with Crippen molar-refractivity contribution in [1.82, 2.24) is 4.90 Å². The van der Waals surface area contributed by atoms with Crippen LogP contribution in [0, 0.1) is 6.92 Å². The van der Waals surface area contributed by atoms with Gasteiger partial charge in [-0.3, -0.25) is 9.59 Å². The third-order valence-corrected chi connectivity index (χ3v) is 3.77. The molecule has 0 radical (unpaired) electrons. The van der Waals surface area contributed by atoms with Gasteiger partial charge in [-0.1, -0.05) is 17.7 Å². The second-order valence-corrected chi connectivity index (χ2v) is 5.31. The second-order valence-electron chi connectivity index (χ2n) is 5.31. The number of aliphatic hydroxyl groups is 1. The third-order valence-electron chi connectivity index (χ3n) is 3.77. The number of benzene rings is 1. The zero-order chi connectivity index (χ0) is 17.0. The highest BCUT2D eigenvalue weighted by Gasteiger charge is 2.43. The van der Waals surface area contributed by atoms with E-state index in [4.69, 9.17) is 4.74 Å². The van der Waals surface area contributed by atoms with Crippen molar-refractivity contribution in [1.29, 1.82) is 0 Å². The zero-order valence-corrected chi connectivity index (χ0v) is 13.1. The molecule has 2 amide bonds. The first-order valence-corrected chi connectivity index (χ1v) is 7.43. The van der Waals surface area contributed by atoms with Gasteiger partial charge in [-0.25, -0.2) is 4.79 Å². The van der Waals surface area contributed by atoms with E-state index in [0.717, 1.165) is 10.5 Å². The fourth-order valence-electron chi connectivity index (χ4n) is 2.54. The van der Waals surface area contributed by atoms with Crippen LogP contribution < -0.4 is 4.90 Å². The average Bonchev–Trinajstić information content (AvgIpc) is 2.55. The maximum absolute atomic E-state index is 12.7. The number of piperazine rings is 1. The molecule has 1 aromatic carbocycles. The number of amides is 2. The number of carbonyl (C=O) groups excluding carboxylic acids is 3. The summed E-state index contributed by atoms with van der Waals surface area (Å²) in [6, 6.07) is 6.04. The van der Waals surface area contributed by atoms with Crippen molar-refractivity contribution in [2.75, 3.05) is 24.6 Å². The highest BCUT2D eigenvalue weighted by atomic mass is 16.5. The summed E-state index contributed by atoms with van der Waals surface area (Å²) in [4.78, 5) is 38.2. The number of aryl methyl sites for hydroxylation is 1. The van der Waals surface area contributed by atoms with Crippen molar-refractivity contribution < 1.29 is 24.2 Å². The van der Waals surface area contributed by atoms with Gasteiger partial charge in [-0.15, -0.1) is 0 Å². The van der Waals surface area contributed by atoms with E-state index >= 15 is 0 Å². The maximum Gasteiger partial charge on any atom is 0.337 e. The minimum absolute atomic E-state index is 0.0829. The number of hydrogen-bond acceptors (Lipinski definition) is 5. The minimum Gasteiger partial charge on any atom is -0.464 e. The van der Waals surface area contributed by atoms with E-state index in [-0.39, 0.29) is 13.2 Å². The number of aliphatic hydroxyl groups excluding tert-OH is 1. The lowest BCUT2D eigenvalue weighted by molar-refractivity contribution is -0.161. The molecule has 0 aliphatic carbocycles. The Morgan fingerprint density at radius 2 is 2.04 bits per heavy atom. The average molecular weight is 320 g/mol. The van der Waals surface area contributed by atoms with Crippen LogP contribution in [0.15, 0.2) is 24.3 Å². The van der Waals surface area contributed by atoms with Crippen LogP contribution in [0.1, 0.15) is 12.5 Å². The summed E-state index contributed by atoms with van der Waals surface area (Å²) in [5.41, 5.74) is 1.71. The van der Waals surface area contributed by atoms with Crippen molar-refractivity contribution in [3.8, 4) is 0 Å². The Balaban J connectivity index is 2.26. The number of nitrogens with zero attached hydrogens (tertiary/aromatic N) is 2. The van der Waals surface area contributed by atoms with E-state index in [1.807, 2.05) is 19.1 Å². The molecule has 1 fully saturated rings. The Morgan fingerprint density at radius 3 is 2.61 bits per heavy atom. The third kappa shape index (κ3) is 3.50. The summed E-state index contributed by atoms with van der Waals surface area (Å²) in [7, 11) is 0. The predicted molar refractivity (Wildman–Crippen MR) is 82.7 cm³/mol. The molecule has 7 heteroatoms. The molecule has 0 spiro atoms. The first kappa shape index (κ1) is 17.0. The fourth-order valence-corrected chi connectivity index (χ4v) is 2.54. The van der Waals surface area contributed by atoms with Crippen molar-refractivity contribution in [2.24, 2.45) is 0 Å². The molecular weight excluding hydrogens is 300 g/mol. The molecule has 2 unspecified atom stereocenters. The van der Waals surface area contributed by atoms with E-state index < -0.39 is 24.0 Å². The Labute approximate surface area is 134 Å². The standard InChI is InChI=1S/C16H20N2O5/c1-3-23-16(22)14(20)13-15(21)18(9-8-17(13)10-19)12-6-4-11(2)5-7-12/h4-7,10,13-14,20H,3,8-9H2,1-2H3. The lowest BCUT2D eigenvalue weighted by Crippen LogP contribution is -2.62. The summed E-state index contributed by atoms with van der Waals surface area (Å²) in [5, 5.41) is 10.1. The molecule has 1 heterocycles. The molecule has 124 valence electrons. The van der Waals surface area contributed by atoms with Gasteiger partial charge in [0.05, 0.1) is 6.61 Å². The van der Waals surface area contributed by atoms with Gasteiger partial charge in [0.2, 0.25) is 6.41 Å². The number of carbonyl (C=O) groups is 3. The number of rotatable bonds is 5. The van der Waals surface area contributed by atoms with Gasteiger partial charge in [-0.2, -0.15) is 0 Å². The van der Waals surface area contributed by atoms with Gasteiger partial charge >= 0.3 is 5.97 Å². The number of hydrogen-bond donors (Lipinski definition) is 1. The molecule has 0 bridgehead atoms. The predicted octanol–water partition coefficient (Wildman–Crippen LogP) is 0.0926. The summed E-state index contributed by atoms with van der Waals surface area (Å²) >= 11 is 0. The van der Waals surface area contributed by atoms with Gasteiger partial charge in [-0.05, 0) is 26.0 Å². The van der Waals surface area contributed by atoms with Gasteiger partial charge in [0.15, 0.2) is 6.10 Å². The molecule has 2 rings (SSSR count). The monoisotopic (exact) mass is 320 g/mol. The van der Waals surface area contributed by atoms with Gasteiger partial charge in [0, 0.05) is 18.8 Å². The molecule has 1 aromatic rings. The minimum atomic E-state index is -1.71. The van der Waals surface area contributed by atoms with Crippen LogP contribution in [0.4, 0.5) is 5.69 Å². The van der Waals surface area contributed by atoms with Gasteiger partial charge < -0.3 is 19.6 Å².